The highest BCUT2D eigenvalue weighted by molar-refractivity contribution is 5.96. The van der Waals surface area contributed by atoms with Gasteiger partial charge < -0.3 is 16.0 Å². The van der Waals surface area contributed by atoms with E-state index in [1.54, 1.807) is 18.3 Å². The van der Waals surface area contributed by atoms with Crippen molar-refractivity contribution in [2.45, 2.75) is 19.5 Å². The molecule has 182 valence electrons. The molecule has 4 heterocycles. The number of aromatic amines is 1. The predicted octanol–water partition coefficient (Wildman–Crippen LogP) is 3.39. The molecule has 0 bridgehead atoms. The van der Waals surface area contributed by atoms with Crippen molar-refractivity contribution in [2.75, 3.05) is 25.0 Å². The highest BCUT2D eigenvalue weighted by Crippen LogP contribution is 2.36. The molecular weight excluding hydrogens is 461 g/mol. The number of rotatable bonds is 7. The predicted molar refractivity (Wildman–Crippen MR) is 123 cm³/mol. The minimum absolute atomic E-state index is 0.108. The average Bonchev–Trinajstić information content (AvgIpc) is 3.45. The Hall–Kier alpha value is -3.93. The number of hydrogen-bond donors (Lipinski definition) is 4. The molecule has 4 N–H and O–H groups in total. The van der Waals surface area contributed by atoms with Gasteiger partial charge >= 0.3 is 6.18 Å². The summed E-state index contributed by atoms with van der Waals surface area (Å²) < 4.78 is 41.5. The number of aryl methyl sites for hydroxylation is 1. The number of hydrogen-bond acceptors (Lipinski definition) is 6. The highest BCUT2D eigenvalue weighted by atomic mass is 19.4. The number of carbonyl (C=O) groups excluding carboxylic acids is 1. The van der Waals surface area contributed by atoms with Gasteiger partial charge in [0.25, 0.3) is 5.91 Å². The van der Waals surface area contributed by atoms with Gasteiger partial charge in [0.2, 0.25) is 0 Å². The second-order valence-corrected chi connectivity index (χ2v) is 8.34. The Balaban J connectivity index is 1.41. The Bertz CT molecular complexity index is 1370. The molecule has 3 aromatic heterocycles. The van der Waals surface area contributed by atoms with E-state index in [9.17, 15) is 18.0 Å². The number of alkyl halides is 3. The molecule has 5 rings (SSSR count). The lowest BCUT2D eigenvalue weighted by Crippen LogP contribution is -2.48. The Labute approximate surface area is 198 Å². The summed E-state index contributed by atoms with van der Waals surface area (Å²) in [5, 5.41) is 15.0. The molecule has 0 aliphatic carbocycles. The molecule has 1 amide bonds. The highest BCUT2D eigenvalue weighted by Gasteiger charge is 2.37. The molecule has 1 aliphatic heterocycles. The molecule has 0 atom stereocenters. The maximum Gasteiger partial charge on any atom is 0.435 e. The van der Waals surface area contributed by atoms with E-state index in [0.29, 0.717) is 41.6 Å². The first-order valence-electron chi connectivity index (χ1n) is 11.2. The molecular formula is C23H23F3N8O. The summed E-state index contributed by atoms with van der Waals surface area (Å²) in [7, 11) is 0. The number of H-pyrrole nitrogens is 1. The van der Waals surface area contributed by atoms with Crippen LogP contribution in [-0.4, -0.2) is 50.1 Å². The van der Waals surface area contributed by atoms with Gasteiger partial charge in [0.1, 0.15) is 0 Å². The zero-order chi connectivity index (χ0) is 24.6. The summed E-state index contributed by atoms with van der Waals surface area (Å²) in [6.07, 6.45) is 1.61. The fourth-order valence-electron chi connectivity index (χ4n) is 4.06. The number of carbonyl (C=O) groups is 1. The van der Waals surface area contributed by atoms with Crippen molar-refractivity contribution in [3.8, 4) is 11.3 Å². The molecule has 9 nitrogen and oxygen atoms in total. The first-order valence-corrected chi connectivity index (χ1v) is 11.2. The second kappa shape index (κ2) is 9.02. The summed E-state index contributed by atoms with van der Waals surface area (Å²) in [5.74, 6) is 0.719. The van der Waals surface area contributed by atoms with Crippen LogP contribution in [0.25, 0.3) is 16.9 Å². The molecule has 0 unspecified atom stereocenters. The Morgan fingerprint density at radius 1 is 1.26 bits per heavy atom. The fraction of sp³-hybridized carbons (Fsp3) is 0.304. The summed E-state index contributed by atoms with van der Waals surface area (Å²) in [4.78, 5) is 21.3. The smallest absolute Gasteiger partial charge is 0.352 e. The summed E-state index contributed by atoms with van der Waals surface area (Å²) in [6, 6.07) is 5.40. The van der Waals surface area contributed by atoms with Crippen molar-refractivity contribution in [3.05, 3.63) is 59.8 Å². The summed E-state index contributed by atoms with van der Waals surface area (Å²) in [5.41, 5.74) is 1.62. The van der Waals surface area contributed by atoms with Gasteiger partial charge in [-0.3, -0.25) is 14.3 Å². The molecule has 1 aliphatic rings. The van der Waals surface area contributed by atoms with E-state index >= 15 is 0 Å². The molecule has 1 aromatic carbocycles. The van der Waals surface area contributed by atoms with Crippen molar-refractivity contribution in [1.29, 1.82) is 0 Å². The number of amides is 1. The zero-order valence-corrected chi connectivity index (χ0v) is 18.8. The van der Waals surface area contributed by atoms with Crippen LogP contribution in [0.5, 0.6) is 0 Å². The Morgan fingerprint density at radius 3 is 2.80 bits per heavy atom. The molecule has 12 heteroatoms. The first-order chi connectivity index (χ1) is 16.8. The van der Waals surface area contributed by atoms with Crippen LogP contribution in [0.3, 0.4) is 0 Å². The number of aromatic nitrogens is 5. The van der Waals surface area contributed by atoms with Crippen LogP contribution in [0, 0.1) is 5.92 Å². The van der Waals surface area contributed by atoms with Crippen LogP contribution < -0.4 is 16.0 Å². The third-order valence-electron chi connectivity index (χ3n) is 6.02. The van der Waals surface area contributed by atoms with Gasteiger partial charge in [-0.05, 0) is 30.2 Å². The fourth-order valence-corrected chi connectivity index (χ4v) is 4.06. The lowest BCUT2D eigenvalue weighted by atomic mass is 10.0. The van der Waals surface area contributed by atoms with E-state index in [1.165, 1.54) is 23.0 Å². The van der Waals surface area contributed by atoms with E-state index < -0.39 is 11.9 Å². The van der Waals surface area contributed by atoms with E-state index in [1.807, 2.05) is 13.0 Å². The minimum atomic E-state index is -4.60. The molecule has 4 aromatic rings. The van der Waals surface area contributed by atoms with E-state index in [4.69, 9.17) is 0 Å². The van der Waals surface area contributed by atoms with Crippen LogP contribution in [-0.2, 0) is 12.6 Å². The van der Waals surface area contributed by atoms with Gasteiger partial charge in [-0.1, -0.05) is 6.92 Å². The van der Waals surface area contributed by atoms with Crippen LogP contribution in [0.15, 0.2) is 43.0 Å². The van der Waals surface area contributed by atoms with Crippen molar-refractivity contribution in [3.63, 3.8) is 0 Å². The number of benzene rings is 1. The van der Waals surface area contributed by atoms with Crippen LogP contribution >= 0.6 is 0 Å². The minimum Gasteiger partial charge on any atom is -0.352 e. The Kier molecular flexibility index (Phi) is 5.89. The molecule has 1 saturated heterocycles. The third kappa shape index (κ3) is 4.44. The number of nitrogens with one attached hydrogen (secondary N) is 4. The monoisotopic (exact) mass is 484 g/mol. The lowest BCUT2D eigenvalue weighted by molar-refractivity contribution is -0.140. The molecule has 0 radical (unpaired) electrons. The SMILES string of the molecule is CCc1cc(Nc2nccn3c(-c4c[nH]nc4C(F)(F)F)cnc23)ccc1C(=O)NCC1CNC1. The lowest BCUT2D eigenvalue weighted by Gasteiger charge is -2.27. The van der Waals surface area contributed by atoms with Gasteiger partial charge in [0, 0.05) is 55.4 Å². The zero-order valence-electron chi connectivity index (χ0n) is 18.8. The number of fused-ring (bicyclic) bond motifs is 1. The quantitative estimate of drug-likeness (QED) is 0.320. The number of anilines is 2. The summed E-state index contributed by atoms with van der Waals surface area (Å²) in [6.45, 7) is 4.43. The standard InChI is InChI=1S/C23H23F3N8O/c1-2-14-7-15(3-4-16(14)22(35)30-10-13-8-27-9-13)32-20-21-29-12-18(34(21)6-5-28-20)17-11-31-33-19(17)23(24,25)26/h3-7,11-13,27H,2,8-10H2,1H3,(H,28,32)(H,30,35)(H,31,33). The van der Waals surface area contributed by atoms with Crippen molar-refractivity contribution < 1.29 is 18.0 Å². The molecule has 35 heavy (non-hydrogen) atoms. The average molecular weight is 484 g/mol. The maximum absolute atomic E-state index is 13.3. The van der Waals surface area contributed by atoms with Crippen LogP contribution in [0.2, 0.25) is 0 Å². The van der Waals surface area contributed by atoms with Gasteiger partial charge in [-0.15, -0.1) is 0 Å². The van der Waals surface area contributed by atoms with Crippen LogP contribution in [0.4, 0.5) is 24.7 Å². The molecule has 1 fully saturated rings. The van der Waals surface area contributed by atoms with Crippen LogP contribution in [0.1, 0.15) is 28.5 Å². The third-order valence-corrected chi connectivity index (χ3v) is 6.02. The molecule has 0 saturated carbocycles. The van der Waals surface area contributed by atoms with E-state index in [0.717, 1.165) is 18.7 Å². The number of halogens is 3. The van der Waals surface area contributed by atoms with E-state index in [2.05, 4.69) is 36.1 Å². The van der Waals surface area contributed by atoms with Crippen molar-refractivity contribution in [1.82, 2.24) is 35.2 Å². The van der Waals surface area contributed by atoms with Gasteiger partial charge in [-0.25, -0.2) is 9.97 Å². The summed E-state index contributed by atoms with van der Waals surface area (Å²) >= 11 is 0. The normalized spacial score (nSPS) is 14.2. The van der Waals surface area contributed by atoms with E-state index in [-0.39, 0.29) is 17.2 Å². The van der Waals surface area contributed by atoms with Crippen molar-refractivity contribution >= 4 is 23.1 Å². The van der Waals surface area contributed by atoms with Gasteiger partial charge in [0.15, 0.2) is 17.2 Å². The maximum atomic E-state index is 13.3. The number of nitrogens with zero attached hydrogens (tertiary/aromatic N) is 4. The first kappa shape index (κ1) is 22.8. The second-order valence-electron chi connectivity index (χ2n) is 8.34. The molecule has 0 spiro atoms. The Morgan fingerprint density at radius 2 is 2.09 bits per heavy atom. The topological polar surface area (TPSA) is 112 Å². The number of imidazole rings is 1. The van der Waals surface area contributed by atoms with Gasteiger partial charge in [0.05, 0.1) is 17.5 Å². The van der Waals surface area contributed by atoms with Crippen molar-refractivity contribution in [2.24, 2.45) is 5.92 Å². The van der Waals surface area contributed by atoms with Gasteiger partial charge in [-0.2, -0.15) is 18.3 Å². The largest absolute Gasteiger partial charge is 0.435 e.